The number of likely N-dealkylation sites (N-methyl/N-ethyl adjacent to an activating group) is 1. The number of unbranched alkanes of at least 4 members (excludes halogenated alkanes) is 3. The average Bonchev–Trinajstić information content (AvgIpc) is 2.46. The molecule has 0 radical (unpaired) electrons. The molecule has 0 aromatic heterocycles. The Balaban J connectivity index is 5.11. The van der Waals surface area contributed by atoms with Crippen molar-refractivity contribution in [2.45, 2.75) is 64.7 Å². The Morgan fingerprint density at radius 1 is 1.25 bits per heavy atom. The van der Waals surface area contributed by atoms with E-state index in [1.165, 1.54) is 0 Å². The van der Waals surface area contributed by atoms with Crippen molar-refractivity contribution in [3.8, 4) is 0 Å². The van der Waals surface area contributed by atoms with Crippen LogP contribution in [0, 0.1) is 0 Å². The summed E-state index contributed by atoms with van der Waals surface area (Å²) in [6.07, 6.45) is -1.58. The van der Waals surface area contributed by atoms with Crippen molar-refractivity contribution in [3.63, 3.8) is 0 Å². The number of guanidine groups is 1. The van der Waals surface area contributed by atoms with Crippen LogP contribution in [0.1, 0.15) is 57.0 Å². The Bertz CT molecular complexity index is 550. The van der Waals surface area contributed by atoms with Crippen molar-refractivity contribution in [3.05, 3.63) is 0 Å². The third-order valence-corrected chi connectivity index (χ3v) is 3.10. The van der Waals surface area contributed by atoms with E-state index < -0.39 is 43.1 Å². The first-order chi connectivity index (χ1) is 12.1. The molecule has 24 heavy (non-hydrogen) atoms. The van der Waals surface area contributed by atoms with Gasteiger partial charge in [-0.05, 0) is 20.3 Å². The van der Waals surface area contributed by atoms with Gasteiger partial charge in [-0.25, -0.2) is 0 Å². The maximum absolute atomic E-state index is 12.8. The highest BCUT2D eigenvalue weighted by Crippen LogP contribution is 2.32. The molecule has 0 heterocycles. The lowest BCUT2D eigenvalue weighted by Gasteiger charge is -2.28. The summed E-state index contributed by atoms with van der Waals surface area (Å²) < 4.78 is 64.7. The van der Waals surface area contributed by atoms with E-state index in [2.05, 4.69) is 9.73 Å². The molecular formula is C15H26F3N3O3. The topological polar surface area (TPSA) is 85.0 Å². The highest BCUT2D eigenvalue weighted by atomic mass is 19.4. The van der Waals surface area contributed by atoms with E-state index >= 15 is 0 Å². The number of halogens is 3. The summed E-state index contributed by atoms with van der Waals surface area (Å²) in [7, 11) is 0. The smallest absolute Gasteiger partial charge is 0.427 e. The lowest BCUT2D eigenvalue weighted by atomic mass is 10.1. The summed E-state index contributed by atoms with van der Waals surface area (Å²) in [6.45, 7) is -0.874. The molecule has 6 nitrogen and oxygen atoms in total. The molecule has 1 amide bonds. The fourth-order valence-corrected chi connectivity index (χ4v) is 1.53. The number of aliphatic imine (C=N–C) groups is 1. The molecule has 2 N–H and O–H groups in total. The zero-order valence-electron chi connectivity index (χ0n) is 17.1. The molecule has 0 fully saturated rings. The van der Waals surface area contributed by atoms with Crippen molar-refractivity contribution in [1.82, 2.24) is 4.90 Å². The molecule has 0 unspecified atom stereocenters. The average molecular weight is 356 g/mol. The number of rotatable bonds is 8. The number of ether oxygens (including phenoxy) is 1. The number of esters is 1. The first kappa shape index (κ1) is 17.0. The molecule has 0 bridgehead atoms. The van der Waals surface area contributed by atoms with Crippen molar-refractivity contribution < 1.29 is 31.6 Å². The maximum atomic E-state index is 12.8. The van der Waals surface area contributed by atoms with Gasteiger partial charge in [0.25, 0.3) is 0 Å². The van der Waals surface area contributed by atoms with Crippen LogP contribution < -0.4 is 5.73 Å². The van der Waals surface area contributed by atoms with Crippen LogP contribution in [0.25, 0.3) is 0 Å². The molecule has 0 saturated heterocycles. The Morgan fingerprint density at radius 2 is 1.88 bits per heavy atom. The fourth-order valence-electron chi connectivity index (χ4n) is 1.53. The van der Waals surface area contributed by atoms with Crippen LogP contribution in [-0.2, 0) is 14.3 Å². The van der Waals surface area contributed by atoms with E-state index in [0.29, 0.717) is 20.3 Å². The van der Waals surface area contributed by atoms with Gasteiger partial charge in [-0.15, -0.1) is 0 Å². The van der Waals surface area contributed by atoms with E-state index in [1.54, 1.807) is 0 Å². The van der Waals surface area contributed by atoms with Gasteiger partial charge in [0.05, 0.1) is 0 Å². The summed E-state index contributed by atoms with van der Waals surface area (Å²) in [4.78, 5) is 27.2. The second-order valence-corrected chi connectivity index (χ2v) is 5.74. The van der Waals surface area contributed by atoms with Crippen molar-refractivity contribution >= 4 is 17.8 Å². The van der Waals surface area contributed by atoms with E-state index in [9.17, 15) is 22.8 Å². The molecule has 0 atom stereocenters. The summed E-state index contributed by atoms with van der Waals surface area (Å²) >= 11 is 0. The van der Waals surface area contributed by atoms with Crippen LogP contribution in [0.15, 0.2) is 4.99 Å². The molecule has 0 aliphatic rings. The van der Waals surface area contributed by atoms with E-state index in [4.69, 9.17) is 9.85 Å². The lowest BCUT2D eigenvalue weighted by molar-refractivity contribution is -0.257. The molecule has 0 rings (SSSR count). The first-order valence-corrected chi connectivity index (χ1v) is 7.55. The molecule has 0 aromatic carbocycles. The van der Waals surface area contributed by atoms with Crippen molar-refractivity contribution in [2.24, 2.45) is 10.7 Å². The predicted octanol–water partition coefficient (Wildman–Crippen LogP) is 2.61. The Hall–Kier alpha value is -1.80. The number of carbonyl (C=O) groups excluding carboxylic acids is 2. The SMILES string of the molecule is [2H]C([2H])([2H])N(CC(=O)OC(C)(C)C(F)(F)F)C(N)=NC(=O)CCCCCC. The highest BCUT2D eigenvalue weighted by Gasteiger charge is 2.50. The molecule has 9 heteroatoms. The van der Waals surface area contributed by atoms with Gasteiger partial charge in [0.1, 0.15) is 6.54 Å². The minimum absolute atomic E-state index is 0.0427. The van der Waals surface area contributed by atoms with Gasteiger partial charge < -0.3 is 15.4 Å². The highest BCUT2D eigenvalue weighted by molar-refractivity contribution is 5.93. The monoisotopic (exact) mass is 356 g/mol. The van der Waals surface area contributed by atoms with Gasteiger partial charge in [0.2, 0.25) is 11.5 Å². The Kier molecular flexibility index (Phi) is 6.73. The summed E-state index contributed by atoms with van der Waals surface area (Å²) in [6, 6.07) is 0. The molecule has 0 saturated carbocycles. The van der Waals surface area contributed by atoms with Gasteiger partial charge in [-0.2, -0.15) is 18.2 Å². The first-order valence-electron chi connectivity index (χ1n) is 9.05. The number of nitrogens with two attached hydrogens (primary N) is 1. The molecular weight excluding hydrogens is 327 g/mol. The number of hydrogen-bond acceptors (Lipinski definition) is 3. The van der Waals surface area contributed by atoms with Crippen molar-refractivity contribution in [2.75, 3.05) is 13.5 Å². The normalized spacial score (nSPS) is 15.2. The van der Waals surface area contributed by atoms with Gasteiger partial charge in [0, 0.05) is 17.5 Å². The lowest BCUT2D eigenvalue weighted by Crippen LogP contribution is -2.46. The van der Waals surface area contributed by atoms with Crippen LogP contribution in [0.5, 0.6) is 0 Å². The van der Waals surface area contributed by atoms with Crippen LogP contribution >= 0.6 is 0 Å². The quantitative estimate of drug-likeness (QED) is 0.313. The van der Waals surface area contributed by atoms with Crippen LogP contribution in [0.2, 0.25) is 0 Å². The van der Waals surface area contributed by atoms with E-state index in [1.807, 2.05) is 6.92 Å². The maximum Gasteiger partial charge on any atom is 0.427 e. The van der Waals surface area contributed by atoms with Gasteiger partial charge in [0.15, 0.2) is 5.96 Å². The predicted molar refractivity (Wildman–Crippen MR) is 84.2 cm³/mol. The zero-order chi connectivity index (χ0) is 21.5. The van der Waals surface area contributed by atoms with Crippen LogP contribution in [-0.4, -0.2) is 48.0 Å². The number of alkyl halides is 3. The minimum Gasteiger partial charge on any atom is -0.449 e. The zero-order valence-corrected chi connectivity index (χ0v) is 14.1. The summed E-state index contributed by atoms with van der Waals surface area (Å²) in [5.41, 5.74) is 2.68. The van der Waals surface area contributed by atoms with Gasteiger partial charge >= 0.3 is 12.1 Å². The largest absolute Gasteiger partial charge is 0.449 e. The Morgan fingerprint density at radius 3 is 2.38 bits per heavy atom. The fraction of sp³-hybridized carbons (Fsp3) is 0.800. The molecule has 0 aromatic rings. The van der Waals surface area contributed by atoms with Gasteiger partial charge in [-0.1, -0.05) is 26.2 Å². The molecule has 0 spiro atoms. The number of nitrogens with zero attached hydrogens (tertiary/aromatic N) is 2. The summed E-state index contributed by atoms with van der Waals surface area (Å²) in [5.74, 6) is -2.93. The van der Waals surface area contributed by atoms with Gasteiger partial charge in [-0.3, -0.25) is 9.59 Å². The molecule has 140 valence electrons. The second-order valence-electron chi connectivity index (χ2n) is 5.74. The number of amides is 1. The standard InChI is InChI=1S/C15H26F3N3O3/c1-5-6-7-8-9-11(22)20-13(19)21(4)10-12(23)24-14(2,3)15(16,17)18/h5-10H2,1-4H3,(H2,19,20,22)/i4D3. The minimum atomic E-state index is -4.85. The Labute approximate surface area is 144 Å². The number of hydrogen-bond donors (Lipinski definition) is 1. The van der Waals surface area contributed by atoms with E-state index in [0.717, 1.165) is 19.3 Å². The third kappa shape index (κ3) is 8.16. The molecule has 0 aliphatic carbocycles. The summed E-state index contributed by atoms with van der Waals surface area (Å²) in [5, 5.41) is 0. The second kappa shape index (κ2) is 9.48. The van der Waals surface area contributed by atoms with Crippen LogP contribution in [0.3, 0.4) is 0 Å². The third-order valence-electron chi connectivity index (χ3n) is 3.10. The van der Waals surface area contributed by atoms with Crippen LogP contribution in [0.4, 0.5) is 13.2 Å². The number of carbonyl (C=O) groups is 2. The molecule has 0 aliphatic heterocycles. The van der Waals surface area contributed by atoms with E-state index in [-0.39, 0.29) is 11.3 Å². The van der Waals surface area contributed by atoms with Crippen molar-refractivity contribution in [1.29, 1.82) is 0 Å².